The van der Waals surface area contributed by atoms with E-state index < -0.39 is 29.7 Å². The zero-order valence-electron chi connectivity index (χ0n) is 15.1. The molecule has 156 valence electrons. The van der Waals surface area contributed by atoms with E-state index in [0.717, 1.165) is 18.3 Å². The van der Waals surface area contributed by atoms with Gasteiger partial charge in [0.05, 0.1) is 31.5 Å². The number of halogens is 5. The largest absolute Gasteiger partial charge is 0.433 e. The maximum atomic E-state index is 13.1. The Morgan fingerprint density at radius 1 is 1.31 bits per heavy atom. The Labute approximate surface area is 169 Å². The molecule has 29 heavy (non-hydrogen) atoms. The third kappa shape index (κ3) is 5.65. The van der Waals surface area contributed by atoms with Crippen molar-refractivity contribution in [1.29, 1.82) is 0 Å². The first-order valence-corrected chi connectivity index (χ1v) is 9.07. The standard InChI is InChI=1S/C19H17ClF4N2O3/c20-16-7-14(21)3-1-13(16)10-28-11-15-9-26(5-6-29-15)18(27)12-2-4-17(25-8-12)19(22,23)24/h1-4,7-8,15H,5-6,9-11H2. The molecule has 1 aromatic carbocycles. The van der Waals surface area contributed by atoms with Crippen LogP contribution in [0.5, 0.6) is 0 Å². The van der Waals surface area contributed by atoms with Crippen molar-refractivity contribution in [1.82, 2.24) is 9.88 Å². The molecule has 1 fully saturated rings. The van der Waals surface area contributed by atoms with Gasteiger partial charge < -0.3 is 14.4 Å². The summed E-state index contributed by atoms with van der Waals surface area (Å²) in [6.45, 7) is 1.11. The lowest BCUT2D eigenvalue weighted by Gasteiger charge is -2.32. The minimum Gasteiger partial charge on any atom is -0.374 e. The van der Waals surface area contributed by atoms with Crippen LogP contribution in [0, 0.1) is 5.82 Å². The first-order chi connectivity index (χ1) is 13.7. The predicted molar refractivity (Wildman–Crippen MR) is 95.9 cm³/mol. The molecule has 5 nitrogen and oxygen atoms in total. The number of ether oxygens (including phenoxy) is 2. The number of alkyl halides is 3. The molecule has 0 aliphatic carbocycles. The third-order valence-electron chi connectivity index (χ3n) is 4.30. The Balaban J connectivity index is 1.53. The van der Waals surface area contributed by atoms with E-state index in [0.29, 0.717) is 12.1 Å². The van der Waals surface area contributed by atoms with Crippen molar-refractivity contribution >= 4 is 17.5 Å². The maximum Gasteiger partial charge on any atom is 0.433 e. The lowest BCUT2D eigenvalue weighted by Crippen LogP contribution is -2.47. The summed E-state index contributed by atoms with van der Waals surface area (Å²) < 4.78 is 62.0. The van der Waals surface area contributed by atoms with Crippen LogP contribution in [-0.4, -0.2) is 48.2 Å². The van der Waals surface area contributed by atoms with Gasteiger partial charge in [-0.25, -0.2) is 4.39 Å². The SMILES string of the molecule is O=C(c1ccc(C(F)(F)F)nc1)N1CCOC(COCc2ccc(F)cc2Cl)C1. The number of hydrogen-bond acceptors (Lipinski definition) is 4. The monoisotopic (exact) mass is 432 g/mol. The number of rotatable bonds is 5. The van der Waals surface area contributed by atoms with Crippen LogP contribution in [0.15, 0.2) is 36.5 Å². The quantitative estimate of drug-likeness (QED) is 0.671. The number of carbonyl (C=O) groups excluding carboxylic acids is 1. The van der Waals surface area contributed by atoms with Crippen molar-refractivity contribution in [2.24, 2.45) is 0 Å². The van der Waals surface area contributed by atoms with Crippen LogP contribution in [0.1, 0.15) is 21.6 Å². The molecule has 10 heteroatoms. The van der Waals surface area contributed by atoms with E-state index in [2.05, 4.69) is 4.98 Å². The van der Waals surface area contributed by atoms with Crippen molar-refractivity contribution in [2.75, 3.05) is 26.3 Å². The fourth-order valence-electron chi connectivity index (χ4n) is 2.81. The maximum absolute atomic E-state index is 13.1. The second kappa shape index (κ2) is 9.06. The average Bonchev–Trinajstić information content (AvgIpc) is 2.69. The molecule has 0 saturated carbocycles. The van der Waals surface area contributed by atoms with Gasteiger partial charge in [0.25, 0.3) is 5.91 Å². The summed E-state index contributed by atoms with van der Waals surface area (Å²) in [6, 6.07) is 5.87. The number of morpholine rings is 1. The Hall–Kier alpha value is -2.23. The molecule has 3 rings (SSSR count). The smallest absolute Gasteiger partial charge is 0.374 e. The van der Waals surface area contributed by atoms with Crippen molar-refractivity contribution in [2.45, 2.75) is 18.9 Å². The predicted octanol–water partition coefficient (Wildman–Crippen LogP) is 3.95. The summed E-state index contributed by atoms with van der Waals surface area (Å²) in [5, 5.41) is 0.251. The van der Waals surface area contributed by atoms with Crippen molar-refractivity contribution in [3.05, 3.63) is 64.2 Å². The number of hydrogen-bond donors (Lipinski definition) is 0. The van der Waals surface area contributed by atoms with Gasteiger partial charge in [0.2, 0.25) is 0 Å². The van der Waals surface area contributed by atoms with Gasteiger partial charge in [0.1, 0.15) is 11.5 Å². The molecular weight excluding hydrogens is 416 g/mol. The van der Waals surface area contributed by atoms with E-state index in [9.17, 15) is 22.4 Å². The van der Waals surface area contributed by atoms with Gasteiger partial charge in [0, 0.05) is 24.3 Å². The Bertz CT molecular complexity index is 862. The topological polar surface area (TPSA) is 51.7 Å². The molecule has 0 bridgehead atoms. The van der Waals surface area contributed by atoms with Crippen molar-refractivity contribution in [3.8, 4) is 0 Å². The fourth-order valence-corrected chi connectivity index (χ4v) is 3.04. The van der Waals surface area contributed by atoms with Crippen LogP contribution in [-0.2, 0) is 22.3 Å². The van der Waals surface area contributed by atoms with Crippen molar-refractivity contribution in [3.63, 3.8) is 0 Å². The van der Waals surface area contributed by atoms with Crippen LogP contribution in [0.3, 0.4) is 0 Å². The van der Waals surface area contributed by atoms with Gasteiger partial charge in [-0.2, -0.15) is 13.2 Å². The van der Waals surface area contributed by atoms with Gasteiger partial charge in [-0.3, -0.25) is 9.78 Å². The zero-order chi connectivity index (χ0) is 21.0. The highest BCUT2D eigenvalue weighted by Gasteiger charge is 2.33. The first kappa shape index (κ1) is 21.5. The molecule has 2 aromatic rings. The summed E-state index contributed by atoms with van der Waals surface area (Å²) in [7, 11) is 0. The second-order valence-corrected chi connectivity index (χ2v) is 6.83. The van der Waals surface area contributed by atoms with Gasteiger partial charge >= 0.3 is 6.18 Å². The minimum absolute atomic E-state index is 0.0673. The first-order valence-electron chi connectivity index (χ1n) is 8.70. The zero-order valence-corrected chi connectivity index (χ0v) is 15.8. The second-order valence-electron chi connectivity index (χ2n) is 6.42. The normalized spacial score (nSPS) is 17.4. The molecule has 2 heterocycles. The van der Waals surface area contributed by atoms with Crippen LogP contribution >= 0.6 is 11.6 Å². The van der Waals surface area contributed by atoms with Crippen molar-refractivity contribution < 1.29 is 31.8 Å². The van der Waals surface area contributed by atoms with E-state index in [1.54, 1.807) is 0 Å². The average molecular weight is 433 g/mol. The Kier molecular flexibility index (Phi) is 6.71. The van der Waals surface area contributed by atoms with E-state index >= 15 is 0 Å². The molecule has 1 unspecified atom stereocenters. The van der Waals surface area contributed by atoms with E-state index in [1.807, 2.05) is 0 Å². The summed E-state index contributed by atoms with van der Waals surface area (Å²) in [4.78, 5) is 17.3. The van der Waals surface area contributed by atoms with Gasteiger partial charge in [-0.1, -0.05) is 17.7 Å². The lowest BCUT2D eigenvalue weighted by atomic mass is 10.2. The number of benzene rings is 1. The highest BCUT2D eigenvalue weighted by atomic mass is 35.5. The van der Waals surface area contributed by atoms with E-state index in [-0.39, 0.29) is 37.0 Å². The molecule has 0 radical (unpaired) electrons. The molecule has 0 N–H and O–H groups in total. The van der Waals surface area contributed by atoms with E-state index in [4.69, 9.17) is 21.1 Å². The molecule has 1 aliphatic rings. The molecule has 1 aromatic heterocycles. The number of pyridine rings is 1. The number of carbonyl (C=O) groups is 1. The Morgan fingerprint density at radius 3 is 2.76 bits per heavy atom. The number of nitrogens with zero attached hydrogens (tertiary/aromatic N) is 2. The summed E-state index contributed by atoms with van der Waals surface area (Å²) >= 11 is 5.94. The van der Waals surface area contributed by atoms with E-state index in [1.165, 1.54) is 23.1 Å². The minimum atomic E-state index is -4.56. The summed E-state index contributed by atoms with van der Waals surface area (Å²) in [5.41, 5.74) is -0.368. The molecule has 1 saturated heterocycles. The van der Waals surface area contributed by atoms with Gasteiger partial charge in [0.15, 0.2) is 0 Å². The fraction of sp³-hybridized carbons (Fsp3) is 0.368. The van der Waals surface area contributed by atoms with Crippen LogP contribution in [0.4, 0.5) is 17.6 Å². The molecule has 1 aliphatic heterocycles. The molecule has 0 spiro atoms. The highest BCUT2D eigenvalue weighted by Crippen LogP contribution is 2.27. The summed E-state index contributed by atoms with van der Waals surface area (Å²) in [5.74, 6) is -0.873. The van der Waals surface area contributed by atoms with Gasteiger partial charge in [-0.15, -0.1) is 0 Å². The Morgan fingerprint density at radius 2 is 2.10 bits per heavy atom. The molecule has 1 amide bonds. The van der Waals surface area contributed by atoms with Crippen LogP contribution in [0.25, 0.3) is 0 Å². The number of aromatic nitrogens is 1. The summed E-state index contributed by atoms with van der Waals surface area (Å²) in [6.07, 6.45) is -4.05. The number of amides is 1. The van der Waals surface area contributed by atoms with Gasteiger partial charge in [-0.05, 0) is 29.8 Å². The molecular formula is C19H17ClF4N2O3. The van der Waals surface area contributed by atoms with Crippen LogP contribution < -0.4 is 0 Å². The highest BCUT2D eigenvalue weighted by molar-refractivity contribution is 6.31. The third-order valence-corrected chi connectivity index (χ3v) is 4.66. The lowest BCUT2D eigenvalue weighted by molar-refractivity contribution is -0.141. The molecule has 1 atom stereocenters. The van der Waals surface area contributed by atoms with Crippen LogP contribution in [0.2, 0.25) is 5.02 Å².